The number of hydrogen-bond donors (Lipinski definition) is 2. The number of rotatable bonds is 3. The zero-order valence-electron chi connectivity index (χ0n) is 12.2. The Bertz CT molecular complexity index is 522. The summed E-state index contributed by atoms with van der Waals surface area (Å²) in [5, 5.41) is 11.8. The first-order chi connectivity index (χ1) is 9.95. The summed E-state index contributed by atoms with van der Waals surface area (Å²) in [5.74, 6) is -0.973. The van der Waals surface area contributed by atoms with Crippen LogP contribution in [0.15, 0.2) is 24.3 Å². The molecule has 0 spiro atoms. The lowest BCUT2D eigenvalue weighted by molar-refractivity contribution is -0.0545. The molecule has 2 atom stereocenters. The van der Waals surface area contributed by atoms with E-state index in [2.05, 4.69) is 5.32 Å². The second-order valence-corrected chi connectivity index (χ2v) is 5.33. The molecule has 1 heterocycles. The fourth-order valence-corrected chi connectivity index (χ4v) is 2.45. The van der Waals surface area contributed by atoms with Gasteiger partial charge in [-0.25, -0.2) is 9.59 Å². The molecule has 2 amide bonds. The third-order valence-corrected chi connectivity index (χ3v) is 3.32. The fraction of sp³-hybridized carbons (Fsp3) is 0.467. The largest absolute Gasteiger partial charge is 0.478 e. The molecule has 0 radical (unpaired) electrons. The molecule has 0 unspecified atom stereocenters. The van der Waals surface area contributed by atoms with Crippen LogP contribution in [-0.4, -0.2) is 47.3 Å². The van der Waals surface area contributed by atoms with Gasteiger partial charge in [0, 0.05) is 19.6 Å². The van der Waals surface area contributed by atoms with Crippen LogP contribution in [0, 0.1) is 0 Å². The molecule has 2 rings (SSSR count). The van der Waals surface area contributed by atoms with Crippen LogP contribution in [0.3, 0.4) is 0 Å². The third-order valence-electron chi connectivity index (χ3n) is 3.32. The van der Waals surface area contributed by atoms with E-state index in [1.807, 2.05) is 13.8 Å². The second-order valence-electron chi connectivity index (χ2n) is 5.33. The van der Waals surface area contributed by atoms with Crippen molar-refractivity contribution in [3.8, 4) is 0 Å². The maximum absolute atomic E-state index is 12.1. The van der Waals surface area contributed by atoms with Gasteiger partial charge in [0.2, 0.25) is 0 Å². The first kappa shape index (κ1) is 15.3. The van der Waals surface area contributed by atoms with Crippen LogP contribution in [0.2, 0.25) is 0 Å². The van der Waals surface area contributed by atoms with Gasteiger partial charge in [0.1, 0.15) is 0 Å². The van der Waals surface area contributed by atoms with Crippen LogP contribution >= 0.6 is 0 Å². The molecule has 0 aliphatic carbocycles. The first-order valence-corrected chi connectivity index (χ1v) is 6.96. The van der Waals surface area contributed by atoms with Crippen molar-refractivity contribution in [3.05, 3.63) is 35.4 Å². The van der Waals surface area contributed by atoms with E-state index in [-0.39, 0.29) is 23.8 Å². The van der Waals surface area contributed by atoms with E-state index in [4.69, 9.17) is 9.84 Å². The van der Waals surface area contributed by atoms with Gasteiger partial charge in [-0.15, -0.1) is 0 Å². The van der Waals surface area contributed by atoms with Gasteiger partial charge in [0.15, 0.2) is 0 Å². The maximum atomic E-state index is 12.1. The Hall–Kier alpha value is -2.08. The van der Waals surface area contributed by atoms with Crippen molar-refractivity contribution in [2.24, 2.45) is 0 Å². The zero-order chi connectivity index (χ0) is 15.4. The van der Waals surface area contributed by atoms with Crippen molar-refractivity contribution in [1.29, 1.82) is 0 Å². The summed E-state index contributed by atoms with van der Waals surface area (Å²) < 4.78 is 5.58. The average molecular weight is 292 g/mol. The summed E-state index contributed by atoms with van der Waals surface area (Å²) in [6, 6.07) is 6.39. The lowest BCUT2D eigenvalue weighted by Crippen LogP contribution is -2.51. The van der Waals surface area contributed by atoms with Gasteiger partial charge in [0.05, 0.1) is 17.8 Å². The zero-order valence-corrected chi connectivity index (χ0v) is 12.2. The smallest absolute Gasteiger partial charge is 0.335 e. The van der Waals surface area contributed by atoms with Gasteiger partial charge in [-0.1, -0.05) is 12.1 Å². The van der Waals surface area contributed by atoms with Crippen molar-refractivity contribution in [2.45, 2.75) is 32.6 Å². The molecule has 0 saturated carbocycles. The van der Waals surface area contributed by atoms with E-state index in [1.165, 1.54) is 6.07 Å². The molecule has 114 valence electrons. The number of aromatic carboxylic acids is 1. The highest BCUT2D eigenvalue weighted by atomic mass is 16.5. The van der Waals surface area contributed by atoms with Crippen molar-refractivity contribution in [1.82, 2.24) is 10.2 Å². The highest BCUT2D eigenvalue weighted by Gasteiger charge is 2.25. The Morgan fingerprint density at radius 1 is 1.33 bits per heavy atom. The number of carboxylic acids is 1. The third kappa shape index (κ3) is 4.19. The molecule has 1 fully saturated rings. The Morgan fingerprint density at radius 3 is 2.62 bits per heavy atom. The maximum Gasteiger partial charge on any atom is 0.335 e. The topological polar surface area (TPSA) is 78.9 Å². The number of urea groups is 1. The van der Waals surface area contributed by atoms with Crippen LogP contribution in [0.25, 0.3) is 0 Å². The highest BCUT2D eigenvalue weighted by molar-refractivity contribution is 5.87. The van der Waals surface area contributed by atoms with E-state index >= 15 is 0 Å². The summed E-state index contributed by atoms with van der Waals surface area (Å²) in [6.07, 6.45) is 0.0460. The molecule has 6 heteroatoms. The van der Waals surface area contributed by atoms with Crippen molar-refractivity contribution in [3.63, 3.8) is 0 Å². The normalized spacial score (nSPS) is 21.9. The monoisotopic (exact) mass is 292 g/mol. The lowest BCUT2D eigenvalue weighted by atomic mass is 10.1. The molecule has 0 aromatic heterocycles. The summed E-state index contributed by atoms with van der Waals surface area (Å²) in [5.41, 5.74) is 0.980. The van der Waals surface area contributed by atoms with Gasteiger partial charge in [-0.3, -0.25) is 0 Å². The van der Waals surface area contributed by atoms with E-state index in [0.717, 1.165) is 5.56 Å². The fourth-order valence-electron chi connectivity index (χ4n) is 2.45. The lowest BCUT2D eigenvalue weighted by Gasteiger charge is -2.35. The minimum Gasteiger partial charge on any atom is -0.478 e. The van der Waals surface area contributed by atoms with Gasteiger partial charge in [-0.05, 0) is 31.5 Å². The average Bonchev–Trinajstić information content (AvgIpc) is 2.44. The SMILES string of the molecule is C[C@@H]1CN(C(=O)NCc2cccc(C(=O)O)c2)C[C@H](C)O1. The van der Waals surface area contributed by atoms with Crippen molar-refractivity contribution in [2.75, 3.05) is 13.1 Å². The Labute approximate surface area is 123 Å². The van der Waals surface area contributed by atoms with Crippen molar-refractivity contribution < 1.29 is 19.4 Å². The molecule has 21 heavy (non-hydrogen) atoms. The summed E-state index contributed by atoms with van der Waals surface area (Å²) in [4.78, 5) is 24.7. The number of carbonyl (C=O) groups excluding carboxylic acids is 1. The van der Waals surface area contributed by atoms with Crippen molar-refractivity contribution >= 4 is 12.0 Å². The van der Waals surface area contributed by atoms with E-state index in [0.29, 0.717) is 19.6 Å². The first-order valence-electron chi connectivity index (χ1n) is 6.96. The predicted octanol–water partition coefficient (Wildman–Crippen LogP) is 1.70. The summed E-state index contributed by atoms with van der Waals surface area (Å²) in [7, 11) is 0. The van der Waals surface area contributed by atoms with Gasteiger partial charge in [0.25, 0.3) is 0 Å². The van der Waals surface area contributed by atoms with Crippen LogP contribution in [0.1, 0.15) is 29.8 Å². The molecule has 1 aromatic carbocycles. The molecule has 1 aromatic rings. The Kier molecular flexibility index (Phi) is 4.80. The van der Waals surface area contributed by atoms with Gasteiger partial charge >= 0.3 is 12.0 Å². The minimum atomic E-state index is -0.973. The summed E-state index contributed by atoms with van der Waals surface area (Å²) >= 11 is 0. The molecule has 1 aliphatic rings. The number of nitrogens with one attached hydrogen (secondary N) is 1. The molecule has 6 nitrogen and oxygen atoms in total. The number of morpholine rings is 1. The standard InChI is InChI=1S/C15H20N2O4/c1-10-8-17(9-11(2)21-10)15(20)16-7-12-4-3-5-13(6-12)14(18)19/h3-6,10-11H,7-9H2,1-2H3,(H,16,20)(H,18,19)/t10-,11+. The van der Waals surface area contributed by atoms with Gasteiger partial charge < -0.3 is 20.1 Å². The Balaban J connectivity index is 1.92. The highest BCUT2D eigenvalue weighted by Crippen LogP contribution is 2.11. The van der Waals surface area contributed by atoms with Gasteiger partial charge in [-0.2, -0.15) is 0 Å². The molecule has 1 saturated heterocycles. The van der Waals surface area contributed by atoms with E-state index < -0.39 is 5.97 Å². The molecular formula is C15H20N2O4. The number of benzene rings is 1. The van der Waals surface area contributed by atoms with Crippen LogP contribution in [-0.2, 0) is 11.3 Å². The number of hydrogen-bond acceptors (Lipinski definition) is 3. The molecule has 0 bridgehead atoms. The number of amides is 2. The van der Waals surface area contributed by atoms with E-state index in [9.17, 15) is 9.59 Å². The minimum absolute atomic E-state index is 0.0230. The number of carbonyl (C=O) groups is 2. The van der Waals surface area contributed by atoms with Crippen LogP contribution < -0.4 is 5.32 Å². The number of ether oxygens (including phenoxy) is 1. The van der Waals surface area contributed by atoms with Crippen LogP contribution in [0.4, 0.5) is 4.79 Å². The number of nitrogens with zero attached hydrogens (tertiary/aromatic N) is 1. The molecule has 2 N–H and O–H groups in total. The Morgan fingerprint density at radius 2 is 2.00 bits per heavy atom. The second kappa shape index (κ2) is 6.58. The van der Waals surface area contributed by atoms with E-state index in [1.54, 1.807) is 23.1 Å². The number of carboxylic acid groups (broad SMARTS) is 1. The molecular weight excluding hydrogens is 272 g/mol. The summed E-state index contributed by atoms with van der Waals surface area (Å²) in [6.45, 7) is 5.30. The molecule has 1 aliphatic heterocycles. The quantitative estimate of drug-likeness (QED) is 0.889. The van der Waals surface area contributed by atoms with Crippen LogP contribution in [0.5, 0.6) is 0 Å². The predicted molar refractivity (Wildman–Crippen MR) is 77.2 cm³/mol.